The molecule has 1 spiro atoms. The topological polar surface area (TPSA) is 54.7 Å². The van der Waals surface area contributed by atoms with Crippen LogP contribution in [0.5, 0.6) is 0 Å². The Bertz CT molecular complexity index is 386. The van der Waals surface area contributed by atoms with Crippen molar-refractivity contribution in [2.24, 2.45) is 5.92 Å². The smallest absolute Gasteiger partial charge is 0.201 e. The third-order valence-corrected chi connectivity index (χ3v) is 4.56. The molecule has 5 atom stereocenters. The molecular weight excluding hydrogens is 196 g/mol. The molecule has 4 fully saturated rings. The summed E-state index contributed by atoms with van der Waals surface area (Å²) in [5.74, 6) is 0.392. The highest BCUT2D eigenvalue weighted by Crippen LogP contribution is 2.70. The van der Waals surface area contributed by atoms with Gasteiger partial charge in [-0.1, -0.05) is 13.8 Å². The third kappa shape index (κ3) is 0.630. The predicted octanol–water partition coefficient (Wildman–Crippen LogP) is 0.289. The van der Waals surface area contributed by atoms with E-state index < -0.39 is 11.2 Å². The number of hydrogen-bond donors (Lipinski definition) is 0. The largest absolute Gasteiger partial charge is 0.359 e. The van der Waals surface area contributed by atoms with Crippen LogP contribution in [-0.4, -0.2) is 41.4 Å². The summed E-state index contributed by atoms with van der Waals surface area (Å²) in [5, 5.41) is 0. The minimum atomic E-state index is -0.660. The molecule has 0 bridgehead atoms. The minimum Gasteiger partial charge on any atom is -0.359 e. The van der Waals surface area contributed by atoms with Crippen LogP contribution in [0.15, 0.2) is 0 Å². The molecule has 0 aromatic carbocycles. The van der Waals surface area contributed by atoms with Crippen molar-refractivity contribution in [3.8, 4) is 0 Å². The first-order valence-corrected chi connectivity index (χ1v) is 5.53. The van der Waals surface area contributed by atoms with Crippen molar-refractivity contribution in [2.75, 3.05) is 6.61 Å². The molecule has 0 unspecified atom stereocenters. The van der Waals surface area contributed by atoms with E-state index in [9.17, 15) is 4.79 Å². The zero-order valence-corrected chi connectivity index (χ0v) is 9.07. The fourth-order valence-corrected chi connectivity index (χ4v) is 3.49. The Morgan fingerprint density at radius 3 is 2.60 bits per heavy atom. The highest BCUT2D eigenvalue weighted by atomic mass is 16.7. The highest BCUT2D eigenvalue weighted by Gasteiger charge is 2.93. The quantitative estimate of drug-likeness (QED) is 0.584. The van der Waals surface area contributed by atoms with Gasteiger partial charge in [0.05, 0.1) is 6.61 Å². The van der Waals surface area contributed by atoms with Crippen LogP contribution >= 0.6 is 0 Å². The summed E-state index contributed by atoms with van der Waals surface area (Å²) in [6.45, 7) is 6.65. The molecule has 1 saturated carbocycles. The first-order chi connectivity index (χ1) is 6.99. The van der Waals surface area contributed by atoms with Gasteiger partial charge in [0.15, 0.2) is 11.7 Å². The monoisotopic (exact) mass is 210 g/mol. The molecule has 0 radical (unpaired) electrons. The van der Waals surface area contributed by atoms with Gasteiger partial charge >= 0.3 is 0 Å². The number of fused-ring (bicyclic) bond motifs is 4. The number of Topliss-reactive ketones (excluding diaryl/α,β-unsaturated/α-hetero) is 1. The molecule has 82 valence electrons. The molecule has 0 N–H and O–H groups in total. The zero-order chi connectivity index (χ0) is 10.6. The van der Waals surface area contributed by atoms with Crippen LogP contribution in [0.25, 0.3) is 0 Å². The summed E-state index contributed by atoms with van der Waals surface area (Å²) in [6, 6.07) is 0. The van der Waals surface area contributed by atoms with Crippen LogP contribution in [0.4, 0.5) is 0 Å². The van der Waals surface area contributed by atoms with E-state index in [1.54, 1.807) is 0 Å². The van der Waals surface area contributed by atoms with Gasteiger partial charge in [0, 0.05) is 0 Å². The number of ether oxygens (including phenoxy) is 3. The first kappa shape index (κ1) is 8.67. The van der Waals surface area contributed by atoms with Crippen molar-refractivity contribution in [2.45, 2.75) is 49.8 Å². The molecular formula is C11H14O4. The molecule has 0 aromatic heterocycles. The van der Waals surface area contributed by atoms with Crippen LogP contribution in [0, 0.1) is 5.92 Å². The lowest BCUT2D eigenvalue weighted by Gasteiger charge is -2.27. The van der Waals surface area contributed by atoms with Crippen LogP contribution < -0.4 is 0 Å². The third-order valence-electron chi connectivity index (χ3n) is 4.56. The summed E-state index contributed by atoms with van der Waals surface area (Å²) in [4.78, 5) is 12.2. The maximum Gasteiger partial charge on any atom is 0.201 e. The van der Waals surface area contributed by atoms with Crippen LogP contribution in [0.2, 0.25) is 0 Å². The van der Waals surface area contributed by atoms with Crippen LogP contribution in [0.3, 0.4) is 0 Å². The molecule has 4 heteroatoms. The maximum absolute atomic E-state index is 12.2. The van der Waals surface area contributed by atoms with Gasteiger partial charge in [-0.25, -0.2) is 0 Å². The molecule has 0 aromatic rings. The zero-order valence-electron chi connectivity index (χ0n) is 9.07. The van der Waals surface area contributed by atoms with E-state index in [0.29, 0.717) is 6.61 Å². The Hall–Kier alpha value is -0.450. The fourth-order valence-electron chi connectivity index (χ4n) is 3.49. The summed E-state index contributed by atoms with van der Waals surface area (Å²) >= 11 is 0. The van der Waals surface area contributed by atoms with Gasteiger partial charge in [-0.15, -0.1) is 0 Å². The second-order valence-electron chi connectivity index (χ2n) is 5.61. The van der Waals surface area contributed by atoms with Crippen molar-refractivity contribution < 1.29 is 19.0 Å². The van der Waals surface area contributed by atoms with Crippen molar-refractivity contribution in [1.29, 1.82) is 0 Å². The van der Waals surface area contributed by atoms with E-state index >= 15 is 0 Å². The summed E-state index contributed by atoms with van der Waals surface area (Å²) < 4.78 is 16.8. The maximum atomic E-state index is 12.2. The van der Waals surface area contributed by atoms with Crippen molar-refractivity contribution in [1.82, 2.24) is 0 Å². The summed E-state index contributed by atoms with van der Waals surface area (Å²) in [7, 11) is 0. The summed E-state index contributed by atoms with van der Waals surface area (Å²) in [5.41, 5.74) is -1.42. The minimum absolute atomic E-state index is 0.0511. The standard InChI is InChI=1S/C11H14O4/c1-5(2)11-8(15-11)9(3)7(14-9)6(12)10(11)4-13-10/h5,7-8H,4H2,1-3H3/t7-,8+,9-,10+,11+/m0/s1. The van der Waals surface area contributed by atoms with Crippen LogP contribution in [0.1, 0.15) is 20.8 Å². The van der Waals surface area contributed by atoms with Crippen molar-refractivity contribution in [3.63, 3.8) is 0 Å². The molecule has 4 rings (SSSR count). The Balaban J connectivity index is 1.86. The van der Waals surface area contributed by atoms with E-state index in [2.05, 4.69) is 13.8 Å². The number of ketones is 1. The van der Waals surface area contributed by atoms with Gasteiger partial charge < -0.3 is 14.2 Å². The Kier molecular flexibility index (Phi) is 1.10. The molecule has 15 heavy (non-hydrogen) atoms. The van der Waals surface area contributed by atoms with E-state index in [4.69, 9.17) is 14.2 Å². The Morgan fingerprint density at radius 1 is 1.40 bits per heavy atom. The molecule has 0 amide bonds. The van der Waals surface area contributed by atoms with E-state index in [1.807, 2.05) is 6.92 Å². The Labute approximate surface area is 87.9 Å². The van der Waals surface area contributed by atoms with Gasteiger partial charge in [-0.05, 0) is 12.8 Å². The number of carbonyl (C=O) groups excluding carboxylic acids is 1. The van der Waals surface area contributed by atoms with Gasteiger partial charge in [0.2, 0.25) is 5.78 Å². The van der Waals surface area contributed by atoms with Gasteiger partial charge in [0.1, 0.15) is 17.3 Å². The highest BCUT2D eigenvalue weighted by molar-refractivity contribution is 6.00. The normalized spacial score (nSPS) is 64.1. The summed E-state index contributed by atoms with van der Waals surface area (Å²) in [6.07, 6.45) is -0.227. The van der Waals surface area contributed by atoms with Crippen molar-refractivity contribution >= 4 is 5.78 Å². The van der Waals surface area contributed by atoms with E-state index in [0.717, 1.165) is 0 Å². The number of epoxide rings is 3. The molecule has 3 aliphatic heterocycles. The average Bonchev–Trinajstić information content (AvgIpc) is 3.02. The average molecular weight is 210 g/mol. The van der Waals surface area contributed by atoms with E-state index in [1.165, 1.54) is 0 Å². The Morgan fingerprint density at radius 2 is 2.07 bits per heavy atom. The fraction of sp³-hybridized carbons (Fsp3) is 0.909. The molecule has 1 aliphatic carbocycles. The lowest BCUT2D eigenvalue weighted by atomic mass is 9.69. The SMILES string of the molecule is CC(C)[C@@]12O[C@@H]1[C@@]1(C)O[C@H]1C(=O)[C@]21CO1. The molecule has 4 aliphatic rings. The molecule has 3 saturated heterocycles. The molecule has 3 heterocycles. The second kappa shape index (κ2) is 1.90. The van der Waals surface area contributed by atoms with Crippen molar-refractivity contribution in [3.05, 3.63) is 0 Å². The second-order valence-corrected chi connectivity index (χ2v) is 5.61. The van der Waals surface area contributed by atoms with Gasteiger partial charge in [-0.2, -0.15) is 0 Å². The number of hydrogen-bond acceptors (Lipinski definition) is 4. The first-order valence-electron chi connectivity index (χ1n) is 5.53. The van der Waals surface area contributed by atoms with E-state index in [-0.39, 0.29) is 29.5 Å². The van der Waals surface area contributed by atoms with Gasteiger partial charge in [-0.3, -0.25) is 4.79 Å². The number of carbonyl (C=O) groups is 1. The number of rotatable bonds is 1. The van der Waals surface area contributed by atoms with Crippen LogP contribution in [-0.2, 0) is 19.0 Å². The molecule has 4 nitrogen and oxygen atoms in total. The lowest BCUT2D eigenvalue weighted by Crippen LogP contribution is -2.55. The van der Waals surface area contributed by atoms with Gasteiger partial charge in [0.25, 0.3) is 0 Å². The lowest BCUT2D eigenvalue weighted by molar-refractivity contribution is -0.129. The predicted molar refractivity (Wildman–Crippen MR) is 49.4 cm³/mol.